The van der Waals surface area contributed by atoms with Crippen molar-refractivity contribution >= 4 is 11.6 Å². The third-order valence-corrected chi connectivity index (χ3v) is 6.86. The average Bonchev–Trinajstić information content (AvgIpc) is 3.35. The number of halogens is 1. The fourth-order valence-electron chi connectivity index (χ4n) is 4.98. The maximum atomic E-state index is 13.7. The van der Waals surface area contributed by atoms with E-state index in [0.717, 1.165) is 34.8 Å². The second-order valence-electron chi connectivity index (χ2n) is 9.25. The van der Waals surface area contributed by atoms with E-state index < -0.39 is 0 Å². The van der Waals surface area contributed by atoms with E-state index in [1.165, 1.54) is 12.1 Å². The van der Waals surface area contributed by atoms with Gasteiger partial charge in [-0.25, -0.2) is 4.39 Å². The van der Waals surface area contributed by atoms with Crippen LogP contribution in [0, 0.1) is 12.7 Å². The van der Waals surface area contributed by atoms with Crippen molar-refractivity contribution < 1.29 is 18.7 Å². The van der Waals surface area contributed by atoms with Crippen molar-refractivity contribution in [3.05, 3.63) is 87.1 Å². The maximum absolute atomic E-state index is 13.7. The van der Waals surface area contributed by atoms with E-state index >= 15 is 0 Å². The van der Waals surface area contributed by atoms with Crippen molar-refractivity contribution in [1.82, 2.24) is 9.47 Å². The summed E-state index contributed by atoms with van der Waals surface area (Å²) in [6, 6.07) is 13.8. The maximum Gasteiger partial charge on any atom is 0.259 e. The molecule has 2 aliphatic heterocycles. The predicted octanol–water partition coefficient (Wildman–Crippen LogP) is 3.99. The number of aryl methyl sites for hydroxylation is 1. The van der Waals surface area contributed by atoms with Crippen molar-refractivity contribution in [3.63, 3.8) is 0 Å². The van der Waals surface area contributed by atoms with E-state index in [-0.39, 0.29) is 29.5 Å². The normalized spacial score (nSPS) is 14.9. The first kappa shape index (κ1) is 23.9. The number of hydrogen-bond donors (Lipinski definition) is 0. The highest BCUT2D eigenvalue weighted by Gasteiger charge is 2.28. The zero-order valence-corrected chi connectivity index (χ0v) is 20.6. The van der Waals surface area contributed by atoms with E-state index in [2.05, 4.69) is 9.47 Å². The van der Waals surface area contributed by atoms with Gasteiger partial charge in [-0.3, -0.25) is 9.59 Å². The first-order valence-electron chi connectivity index (χ1n) is 12.4. The minimum atomic E-state index is -0.271. The summed E-state index contributed by atoms with van der Waals surface area (Å²) in [7, 11) is 0. The van der Waals surface area contributed by atoms with E-state index in [1.54, 1.807) is 23.1 Å². The Morgan fingerprint density at radius 3 is 2.42 bits per heavy atom. The molecule has 5 rings (SSSR count). The molecule has 0 radical (unpaired) electrons. The molecule has 3 heterocycles. The number of ether oxygens (including phenoxy) is 2. The lowest BCUT2D eigenvalue weighted by Crippen LogP contribution is -2.50. The van der Waals surface area contributed by atoms with Crippen LogP contribution in [0.3, 0.4) is 0 Å². The topological polar surface area (TPSA) is 64.0 Å². The minimum absolute atomic E-state index is 0.212. The molecule has 8 heteroatoms. The number of amides is 1. The quantitative estimate of drug-likeness (QED) is 0.522. The molecule has 0 aliphatic carbocycles. The highest BCUT2D eigenvalue weighted by molar-refractivity contribution is 5.95. The molecule has 1 saturated heterocycles. The van der Waals surface area contributed by atoms with Crippen molar-refractivity contribution in [2.24, 2.45) is 0 Å². The van der Waals surface area contributed by atoms with Crippen molar-refractivity contribution in [1.29, 1.82) is 0 Å². The molecule has 0 atom stereocenters. The summed E-state index contributed by atoms with van der Waals surface area (Å²) in [4.78, 5) is 30.7. The lowest BCUT2D eigenvalue weighted by Gasteiger charge is -2.36. The third kappa shape index (κ3) is 4.67. The largest absolute Gasteiger partial charge is 0.454 e. The zero-order valence-electron chi connectivity index (χ0n) is 20.6. The first-order valence-corrected chi connectivity index (χ1v) is 12.4. The van der Waals surface area contributed by atoms with Gasteiger partial charge in [0.2, 0.25) is 6.79 Å². The Hall–Kier alpha value is -3.81. The highest BCUT2D eigenvalue weighted by Crippen LogP contribution is 2.33. The molecule has 7 nitrogen and oxygen atoms in total. The fraction of sp³-hybridized carbons (Fsp3) is 0.357. The van der Waals surface area contributed by atoms with Crippen molar-refractivity contribution in [2.45, 2.75) is 33.2 Å². The van der Waals surface area contributed by atoms with E-state index in [4.69, 9.17) is 9.47 Å². The molecular formula is C28H30FN3O4. The van der Waals surface area contributed by atoms with Crippen LogP contribution in [0.25, 0.3) is 0 Å². The first-order chi connectivity index (χ1) is 17.4. The Balaban J connectivity index is 1.41. The second kappa shape index (κ2) is 10.0. The van der Waals surface area contributed by atoms with Gasteiger partial charge in [0.05, 0.1) is 0 Å². The molecule has 36 heavy (non-hydrogen) atoms. The summed E-state index contributed by atoms with van der Waals surface area (Å²) in [5.41, 5.74) is 3.55. The number of fused-ring (bicyclic) bond motifs is 1. The SMILES string of the molecule is CCCc1c(C(=O)N2CCN(c3ccc(F)cc3)CC2)c(=O)cc(C)n1Cc1ccc2c(c1)OCO2. The molecule has 1 fully saturated rings. The van der Waals surface area contributed by atoms with E-state index in [9.17, 15) is 14.0 Å². The van der Waals surface area contributed by atoms with Crippen molar-refractivity contribution in [3.8, 4) is 11.5 Å². The summed E-state index contributed by atoms with van der Waals surface area (Å²) in [5.74, 6) is 0.937. The molecule has 3 aromatic rings. The Morgan fingerprint density at radius 1 is 0.972 bits per heavy atom. The van der Waals surface area contributed by atoms with Gasteiger partial charge in [0.1, 0.15) is 11.4 Å². The van der Waals surface area contributed by atoms with E-state index in [1.807, 2.05) is 32.0 Å². The Morgan fingerprint density at radius 2 is 1.69 bits per heavy atom. The van der Waals surface area contributed by atoms with E-state index in [0.29, 0.717) is 44.9 Å². The molecular weight excluding hydrogens is 461 g/mol. The Labute approximate surface area is 209 Å². The van der Waals surface area contributed by atoms with Crippen LogP contribution < -0.4 is 19.8 Å². The number of carbonyl (C=O) groups excluding carboxylic acids is 1. The van der Waals surface area contributed by atoms with Crippen LogP contribution in [0.2, 0.25) is 0 Å². The highest BCUT2D eigenvalue weighted by atomic mass is 19.1. The zero-order chi connectivity index (χ0) is 25.2. The number of nitrogens with zero attached hydrogens (tertiary/aromatic N) is 3. The van der Waals surface area contributed by atoms with Gasteiger partial charge in [-0.15, -0.1) is 0 Å². The molecule has 2 aromatic carbocycles. The molecule has 1 amide bonds. The van der Waals surface area contributed by atoms with Crippen LogP contribution in [-0.4, -0.2) is 48.3 Å². The number of piperazine rings is 1. The van der Waals surface area contributed by atoms with Gasteiger partial charge in [-0.1, -0.05) is 19.4 Å². The predicted molar refractivity (Wildman–Crippen MR) is 136 cm³/mol. The number of anilines is 1. The van der Waals surface area contributed by atoms with Crippen LogP contribution in [0.4, 0.5) is 10.1 Å². The van der Waals surface area contributed by atoms with Gasteiger partial charge in [-0.2, -0.15) is 0 Å². The van der Waals surface area contributed by atoms with Gasteiger partial charge in [-0.05, 0) is 55.3 Å². The Kier molecular flexibility index (Phi) is 6.67. The lowest BCUT2D eigenvalue weighted by molar-refractivity contribution is 0.0743. The number of aromatic nitrogens is 1. The number of carbonyl (C=O) groups is 1. The second-order valence-corrected chi connectivity index (χ2v) is 9.25. The molecule has 0 saturated carbocycles. The molecule has 1 aromatic heterocycles. The Bertz CT molecular complexity index is 1330. The molecule has 0 N–H and O–H groups in total. The van der Waals surface area contributed by atoms with Crippen LogP contribution in [-0.2, 0) is 13.0 Å². The van der Waals surface area contributed by atoms with Gasteiger partial charge >= 0.3 is 0 Å². The van der Waals surface area contributed by atoms with Gasteiger partial charge < -0.3 is 23.8 Å². The van der Waals surface area contributed by atoms with Gasteiger partial charge in [0, 0.05) is 55.9 Å². The monoisotopic (exact) mass is 491 g/mol. The molecule has 0 unspecified atom stereocenters. The van der Waals surface area contributed by atoms with Crippen LogP contribution in [0.1, 0.15) is 40.7 Å². The van der Waals surface area contributed by atoms with Crippen LogP contribution in [0.5, 0.6) is 11.5 Å². The average molecular weight is 492 g/mol. The molecule has 0 spiro atoms. The smallest absolute Gasteiger partial charge is 0.259 e. The number of hydrogen-bond acceptors (Lipinski definition) is 5. The molecule has 188 valence electrons. The molecule has 2 aliphatic rings. The summed E-state index contributed by atoms with van der Waals surface area (Å²) in [6.07, 6.45) is 1.43. The number of pyridine rings is 1. The summed E-state index contributed by atoms with van der Waals surface area (Å²) < 4.78 is 26.3. The standard InChI is InChI=1S/C28H30FN3O4/c1-3-4-23-27(28(34)31-13-11-30(12-14-31)22-8-6-21(29)7-9-22)24(33)15-19(2)32(23)17-20-5-10-25-26(16-20)36-18-35-25/h5-10,15-16H,3-4,11-14,17-18H2,1-2H3. The minimum Gasteiger partial charge on any atom is -0.454 e. The summed E-state index contributed by atoms with van der Waals surface area (Å²) in [6.45, 7) is 6.93. The number of benzene rings is 2. The molecule has 0 bridgehead atoms. The van der Waals surface area contributed by atoms with Crippen LogP contribution >= 0.6 is 0 Å². The lowest BCUT2D eigenvalue weighted by atomic mass is 10.0. The summed E-state index contributed by atoms with van der Waals surface area (Å²) >= 11 is 0. The van der Waals surface area contributed by atoms with Crippen LogP contribution in [0.15, 0.2) is 53.3 Å². The third-order valence-electron chi connectivity index (χ3n) is 6.86. The van der Waals surface area contributed by atoms with Crippen molar-refractivity contribution in [2.75, 3.05) is 37.9 Å². The summed E-state index contributed by atoms with van der Waals surface area (Å²) in [5, 5.41) is 0. The van der Waals surface area contributed by atoms with Gasteiger partial charge in [0.15, 0.2) is 16.9 Å². The fourth-order valence-corrected chi connectivity index (χ4v) is 4.98. The van der Waals surface area contributed by atoms with Gasteiger partial charge in [0.25, 0.3) is 5.91 Å². The number of rotatable bonds is 6.